The van der Waals surface area contributed by atoms with Gasteiger partial charge in [0.25, 0.3) is 11.8 Å². The summed E-state index contributed by atoms with van der Waals surface area (Å²) in [5, 5.41) is 0.345. The fourth-order valence-electron chi connectivity index (χ4n) is 3.30. The highest BCUT2D eigenvalue weighted by Crippen LogP contribution is 2.27. The van der Waals surface area contributed by atoms with E-state index in [0.717, 1.165) is 4.90 Å². The quantitative estimate of drug-likeness (QED) is 0.331. The van der Waals surface area contributed by atoms with Crippen molar-refractivity contribution in [1.29, 1.82) is 0 Å². The second-order valence-electron chi connectivity index (χ2n) is 6.84. The van der Waals surface area contributed by atoms with Gasteiger partial charge in [-0.15, -0.1) is 0 Å². The predicted octanol–water partition coefficient (Wildman–Crippen LogP) is 3.90. The molecule has 0 saturated heterocycles. The third-order valence-corrected chi connectivity index (χ3v) is 5.08. The Bertz CT molecular complexity index is 1140. The molecule has 0 unspecified atom stereocenters. The van der Waals surface area contributed by atoms with Crippen LogP contribution in [-0.2, 0) is 17.9 Å². The molecule has 0 bridgehead atoms. The van der Waals surface area contributed by atoms with Crippen LogP contribution in [0, 0.1) is 0 Å². The Morgan fingerprint density at radius 1 is 1.00 bits per heavy atom. The summed E-state index contributed by atoms with van der Waals surface area (Å²) in [5.41, 5.74) is 2.21. The van der Waals surface area contributed by atoms with Gasteiger partial charge in [0.05, 0.1) is 24.8 Å². The molecule has 0 saturated carbocycles. The summed E-state index contributed by atoms with van der Waals surface area (Å²) in [4.78, 5) is 43.0. The standard InChI is InChI=1S/C23H17ClN2O5/c1-30-19-8-6-14(12-26-21(27)16-4-2-3-5-17(16)22(26)28)10-18(19)23(29)31-13-15-7-9-20(24)25-11-15/h2-11H,12-13H2,1H3. The van der Waals surface area contributed by atoms with Crippen LogP contribution in [0.4, 0.5) is 0 Å². The number of pyridine rings is 1. The van der Waals surface area contributed by atoms with Gasteiger partial charge in [0.15, 0.2) is 0 Å². The maximum Gasteiger partial charge on any atom is 0.342 e. The fraction of sp³-hybridized carbons (Fsp3) is 0.130. The van der Waals surface area contributed by atoms with Gasteiger partial charge in [0, 0.05) is 11.8 Å². The minimum Gasteiger partial charge on any atom is -0.496 e. The van der Waals surface area contributed by atoms with Gasteiger partial charge in [-0.3, -0.25) is 14.5 Å². The van der Waals surface area contributed by atoms with Crippen molar-refractivity contribution in [3.8, 4) is 5.75 Å². The summed E-state index contributed by atoms with van der Waals surface area (Å²) in [5.74, 6) is -1.01. The van der Waals surface area contributed by atoms with Crippen LogP contribution >= 0.6 is 11.6 Å². The number of amides is 2. The molecular formula is C23H17ClN2O5. The number of benzene rings is 2. The number of nitrogens with zero attached hydrogens (tertiary/aromatic N) is 2. The van der Waals surface area contributed by atoms with Crippen LogP contribution in [0.5, 0.6) is 5.75 Å². The van der Waals surface area contributed by atoms with E-state index < -0.39 is 5.97 Å². The Balaban J connectivity index is 1.52. The molecule has 156 valence electrons. The van der Waals surface area contributed by atoms with Crippen LogP contribution in [0.1, 0.15) is 42.2 Å². The number of methoxy groups -OCH3 is 1. The number of halogens is 1. The van der Waals surface area contributed by atoms with Gasteiger partial charge in [0.1, 0.15) is 23.1 Å². The van der Waals surface area contributed by atoms with Crippen LogP contribution in [-0.4, -0.2) is 34.8 Å². The van der Waals surface area contributed by atoms with Gasteiger partial charge >= 0.3 is 5.97 Å². The van der Waals surface area contributed by atoms with Gasteiger partial charge in [-0.2, -0.15) is 0 Å². The molecule has 0 spiro atoms. The predicted molar refractivity (Wildman–Crippen MR) is 112 cm³/mol. The molecule has 2 amide bonds. The summed E-state index contributed by atoms with van der Waals surface area (Å²) >= 11 is 5.76. The lowest BCUT2D eigenvalue weighted by atomic mass is 10.1. The van der Waals surface area contributed by atoms with E-state index in [0.29, 0.717) is 33.2 Å². The monoisotopic (exact) mass is 436 g/mol. The van der Waals surface area contributed by atoms with Crippen molar-refractivity contribution < 1.29 is 23.9 Å². The van der Waals surface area contributed by atoms with E-state index in [4.69, 9.17) is 21.1 Å². The molecule has 8 heteroatoms. The van der Waals surface area contributed by atoms with Crippen molar-refractivity contribution in [2.45, 2.75) is 13.2 Å². The largest absolute Gasteiger partial charge is 0.496 e. The summed E-state index contributed by atoms with van der Waals surface area (Å²) in [6.45, 7) is 0.0342. The fourth-order valence-corrected chi connectivity index (χ4v) is 3.41. The number of carbonyl (C=O) groups excluding carboxylic acids is 3. The van der Waals surface area contributed by atoms with Crippen LogP contribution in [0.2, 0.25) is 5.15 Å². The zero-order valence-corrected chi connectivity index (χ0v) is 17.3. The van der Waals surface area contributed by atoms with Crippen LogP contribution in [0.3, 0.4) is 0 Å². The minimum atomic E-state index is -0.601. The highest BCUT2D eigenvalue weighted by molar-refractivity contribution is 6.29. The molecule has 2 heterocycles. The average molecular weight is 437 g/mol. The lowest BCUT2D eigenvalue weighted by molar-refractivity contribution is 0.0468. The molecule has 1 aromatic heterocycles. The minimum absolute atomic E-state index is 0.00872. The van der Waals surface area contributed by atoms with E-state index in [1.54, 1.807) is 54.6 Å². The Labute approximate surface area is 183 Å². The number of rotatable bonds is 6. The number of ether oxygens (including phenoxy) is 2. The number of aromatic nitrogens is 1. The SMILES string of the molecule is COc1ccc(CN2C(=O)c3ccccc3C2=O)cc1C(=O)OCc1ccc(Cl)nc1. The number of esters is 1. The van der Waals surface area contributed by atoms with Crippen LogP contribution in [0.15, 0.2) is 60.8 Å². The molecule has 1 aliphatic heterocycles. The Morgan fingerprint density at radius 3 is 2.29 bits per heavy atom. The van der Waals surface area contributed by atoms with Crippen LogP contribution in [0.25, 0.3) is 0 Å². The summed E-state index contributed by atoms with van der Waals surface area (Å²) in [6.07, 6.45) is 1.52. The Kier molecular flexibility index (Phi) is 5.68. The lowest BCUT2D eigenvalue weighted by Crippen LogP contribution is -2.29. The molecule has 0 atom stereocenters. The van der Waals surface area contributed by atoms with Crippen molar-refractivity contribution in [1.82, 2.24) is 9.88 Å². The molecule has 0 fully saturated rings. The second kappa shape index (κ2) is 8.57. The zero-order valence-electron chi connectivity index (χ0n) is 16.5. The molecule has 1 aliphatic rings. The van der Waals surface area contributed by atoms with Gasteiger partial charge in [-0.1, -0.05) is 35.9 Å². The second-order valence-corrected chi connectivity index (χ2v) is 7.23. The van der Waals surface area contributed by atoms with E-state index in [9.17, 15) is 14.4 Å². The van der Waals surface area contributed by atoms with E-state index in [1.807, 2.05) is 0 Å². The molecule has 4 rings (SSSR count). The molecule has 7 nitrogen and oxygen atoms in total. The molecule has 2 aromatic carbocycles. The molecule has 0 radical (unpaired) electrons. The van der Waals surface area contributed by atoms with Crippen molar-refractivity contribution in [3.05, 3.63) is 93.8 Å². The van der Waals surface area contributed by atoms with Crippen molar-refractivity contribution in [3.63, 3.8) is 0 Å². The van der Waals surface area contributed by atoms with Crippen molar-refractivity contribution in [2.75, 3.05) is 7.11 Å². The number of carbonyl (C=O) groups is 3. The highest BCUT2D eigenvalue weighted by Gasteiger charge is 2.35. The smallest absolute Gasteiger partial charge is 0.342 e. The third-order valence-electron chi connectivity index (χ3n) is 4.86. The Hall–Kier alpha value is -3.71. The topological polar surface area (TPSA) is 85.8 Å². The first-order chi connectivity index (χ1) is 15.0. The number of hydrogen-bond acceptors (Lipinski definition) is 6. The summed E-state index contributed by atoms with van der Waals surface area (Å²) in [7, 11) is 1.44. The van der Waals surface area contributed by atoms with Gasteiger partial charge in [0.2, 0.25) is 0 Å². The van der Waals surface area contributed by atoms with Crippen molar-refractivity contribution in [2.24, 2.45) is 0 Å². The first kappa shape index (κ1) is 20.6. The van der Waals surface area contributed by atoms with E-state index >= 15 is 0 Å². The number of imide groups is 1. The molecule has 31 heavy (non-hydrogen) atoms. The first-order valence-electron chi connectivity index (χ1n) is 9.37. The normalized spacial score (nSPS) is 12.6. The van der Waals surface area contributed by atoms with E-state index in [-0.39, 0.29) is 30.5 Å². The maximum atomic E-state index is 12.7. The van der Waals surface area contributed by atoms with E-state index in [1.165, 1.54) is 13.3 Å². The number of fused-ring (bicyclic) bond motifs is 1. The van der Waals surface area contributed by atoms with Gasteiger partial charge in [-0.25, -0.2) is 9.78 Å². The average Bonchev–Trinajstić information content (AvgIpc) is 3.03. The zero-order chi connectivity index (χ0) is 22.0. The summed E-state index contributed by atoms with van der Waals surface area (Å²) in [6, 6.07) is 14.8. The van der Waals surface area contributed by atoms with Gasteiger partial charge in [-0.05, 0) is 35.9 Å². The molecule has 0 aliphatic carbocycles. The van der Waals surface area contributed by atoms with E-state index in [2.05, 4.69) is 4.98 Å². The van der Waals surface area contributed by atoms with Gasteiger partial charge < -0.3 is 9.47 Å². The van der Waals surface area contributed by atoms with Crippen molar-refractivity contribution >= 4 is 29.4 Å². The molecular weight excluding hydrogens is 420 g/mol. The maximum absolute atomic E-state index is 12.7. The first-order valence-corrected chi connectivity index (χ1v) is 9.75. The Morgan fingerprint density at radius 2 is 1.68 bits per heavy atom. The highest BCUT2D eigenvalue weighted by atomic mass is 35.5. The lowest BCUT2D eigenvalue weighted by Gasteiger charge is -2.16. The third kappa shape index (κ3) is 4.13. The molecule has 3 aromatic rings. The van der Waals surface area contributed by atoms with Crippen LogP contribution < -0.4 is 4.74 Å². The number of hydrogen-bond donors (Lipinski definition) is 0. The summed E-state index contributed by atoms with van der Waals surface area (Å²) < 4.78 is 10.6. The molecule has 0 N–H and O–H groups in total.